The van der Waals surface area contributed by atoms with Crippen molar-refractivity contribution in [3.05, 3.63) is 0 Å². The van der Waals surface area contributed by atoms with Gasteiger partial charge in [0.15, 0.2) is 16.5 Å². The molecule has 0 atom stereocenters. The Hall–Kier alpha value is -0.626. The predicted octanol–water partition coefficient (Wildman–Crippen LogP) is 5.82. The highest BCUT2D eigenvalue weighted by Gasteiger charge is 2.64. The molecule has 0 bridgehead atoms. The van der Waals surface area contributed by atoms with Crippen LogP contribution in [0.15, 0.2) is 0 Å². The zero-order valence-electron chi connectivity index (χ0n) is 17.9. The fraction of sp³-hybridized carbons (Fsp3) is 0.895. The average Bonchev–Trinajstić information content (AvgIpc) is 2.88. The second-order valence-electron chi connectivity index (χ2n) is 7.57. The van der Waals surface area contributed by atoms with Crippen LogP contribution in [0.2, 0.25) is 36.3 Å². The van der Waals surface area contributed by atoms with Crippen molar-refractivity contribution in [2.75, 3.05) is 0 Å². The highest BCUT2D eigenvalue weighted by atomic mass is 28.3. The zero-order chi connectivity index (χ0) is 19.5. The van der Waals surface area contributed by atoms with E-state index in [9.17, 15) is 9.59 Å². The molecule has 1 aliphatic rings. The van der Waals surface area contributed by atoms with Gasteiger partial charge in [-0.05, 0) is 49.1 Å². The topological polar surface area (TPSA) is 40.6 Å². The standard InChI is InChI=1S/C19H40N2O2Si2/c1-9-19(10-2)17(22)20(24(11-3,12-4)13-5)18(23)21(19)25(14-6,15-7)16-8/h9-16H2,1-8H3. The van der Waals surface area contributed by atoms with Crippen molar-refractivity contribution in [3.63, 3.8) is 0 Å². The van der Waals surface area contributed by atoms with Crippen molar-refractivity contribution < 1.29 is 9.59 Å². The van der Waals surface area contributed by atoms with Gasteiger partial charge in [-0.1, -0.05) is 55.4 Å². The molecule has 0 aromatic carbocycles. The normalized spacial score (nSPS) is 18.4. The monoisotopic (exact) mass is 384 g/mol. The van der Waals surface area contributed by atoms with Gasteiger partial charge in [-0.2, -0.15) is 0 Å². The smallest absolute Gasteiger partial charge is 0.311 e. The van der Waals surface area contributed by atoms with Crippen LogP contribution in [-0.2, 0) is 4.79 Å². The van der Waals surface area contributed by atoms with Gasteiger partial charge >= 0.3 is 6.03 Å². The van der Waals surface area contributed by atoms with Crippen molar-refractivity contribution >= 4 is 28.4 Å². The van der Waals surface area contributed by atoms with Gasteiger partial charge in [0.25, 0.3) is 0 Å². The maximum atomic E-state index is 13.8. The summed E-state index contributed by atoms with van der Waals surface area (Å²) >= 11 is 0. The summed E-state index contributed by atoms with van der Waals surface area (Å²) in [6, 6.07) is 6.08. The van der Waals surface area contributed by atoms with Crippen molar-refractivity contribution in [2.24, 2.45) is 0 Å². The first-order valence-corrected chi connectivity index (χ1v) is 15.6. The number of carbonyl (C=O) groups excluding carboxylic acids is 2. The Morgan fingerprint density at radius 1 is 0.680 bits per heavy atom. The number of hydrogen-bond donors (Lipinski definition) is 0. The van der Waals surface area contributed by atoms with Crippen molar-refractivity contribution in [3.8, 4) is 0 Å². The van der Waals surface area contributed by atoms with Crippen LogP contribution >= 0.6 is 0 Å². The second-order valence-corrected chi connectivity index (χ2v) is 17.6. The molecule has 0 saturated carbocycles. The van der Waals surface area contributed by atoms with E-state index in [2.05, 4.69) is 60.0 Å². The van der Waals surface area contributed by atoms with Gasteiger partial charge in [0, 0.05) is 0 Å². The van der Waals surface area contributed by atoms with E-state index in [0.717, 1.165) is 49.1 Å². The second kappa shape index (κ2) is 8.38. The Bertz CT molecular complexity index is 467. The van der Waals surface area contributed by atoms with Gasteiger partial charge in [-0.3, -0.25) is 9.36 Å². The van der Waals surface area contributed by atoms with Crippen LogP contribution in [0.1, 0.15) is 68.2 Å². The van der Waals surface area contributed by atoms with E-state index < -0.39 is 22.0 Å². The molecule has 1 fully saturated rings. The number of carbonyl (C=O) groups is 2. The van der Waals surface area contributed by atoms with E-state index in [4.69, 9.17) is 0 Å². The van der Waals surface area contributed by atoms with E-state index >= 15 is 0 Å². The summed E-state index contributed by atoms with van der Waals surface area (Å²) in [5, 5.41) is 0. The molecular formula is C19H40N2O2Si2. The Morgan fingerprint density at radius 3 is 1.32 bits per heavy atom. The summed E-state index contributed by atoms with van der Waals surface area (Å²) in [4.78, 5) is 27.5. The Balaban J connectivity index is 3.67. The van der Waals surface area contributed by atoms with Crippen LogP contribution in [0.5, 0.6) is 0 Å². The third-order valence-electron chi connectivity index (χ3n) is 7.48. The number of nitrogens with zero attached hydrogens (tertiary/aromatic N) is 2. The van der Waals surface area contributed by atoms with Crippen molar-refractivity contribution in [2.45, 2.75) is 110 Å². The maximum absolute atomic E-state index is 13.8. The third-order valence-corrected chi connectivity index (χ3v) is 18.3. The molecule has 0 aromatic heterocycles. The van der Waals surface area contributed by atoms with Gasteiger partial charge in [-0.15, -0.1) is 0 Å². The molecule has 3 amide bonds. The number of imide groups is 1. The quantitative estimate of drug-likeness (QED) is 0.352. The lowest BCUT2D eigenvalue weighted by atomic mass is 9.93. The molecule has 4 nitrogen and oxygen atoms in total. The molecular weight excluding hydrogens is 344 g/mol. The molecule has 25 heavy (non-hydrogen) atoms. The number of hydrogen-bond acceptors (Lipinski definition) is 2. The van der Waals surface area contributed by atoms with Crippen LogP contribution in [0.3, 0.4) is 0 Å². The van der Waals surface area contributed by atoms with Gasteiger partial charge in [0.2, 0.25) is 5.91 Å². The molecule has 0 aliphatic carbocycles. The van der Waals surface area contributed by atoms with Crippen LogP contribution in [-0.4, -0.2) is 43.1 Å². The number of amides is 3. The molecule has 6 heteroatoms. The van der Waals surface area contributed by atoms with Crippen molar-refractivity contribution in [1.29, 1.82) is 0 Å². The first-order chi connectivity index (χ1) is 11.8. The lowest BCUT2D eigenvalue weighted by Gasteiger charge is -2.46. The molecule has 0 unspecified atom stereocenters. The summed E-state index contributed by atoms with van der Waals surface area (Å²) in [5.41, 5.74) is -0.594. The van der Waals surface area contributed by atoms with Crippen LogP contribution in [0.25, 0.3) is 0 Å². The molecule has 0 N–H and O–H groups in total. The zero-order valence-corrected chi connectivity index (χ0v) is 19.9. The Kier molecular flexibility index (Phi) is 7.51. The number of urea groups is 1. The average molecular weight is 385 g/mol. The molecule has 1 heterocycles. The Labute approximate surface area is 157 Å². The fourth-order valence-corrected chi connectivity index (χ4v) is 13.0. The summed E-state index contributed by atoms with van der Waals surface area (Å²) in [5.74, 6) is 0.131. The van der Waals surface area contributed by atoms with Crippen molar-refractivity contribution in [1.82, 2.24) is 9.13 Å². The van der Waals surface area contributed by atoms with Crippen LogP contribution in [0.4, 0.5) is 4.79 Å². The van der Waals surface area contributed by atoms with Gasteiger partial charge in [0.05, 0.1) is 0 Å². The number of rotatable bonds is 10. The molecule has 0 radical (unpaired) electrons. The molecule has 0 aromatic rings. The fourth-order valence-electron chi connectivity index (χ4n) is 5.07. The van der Waals surface area contributed by atoms with Gasteiger partial charge in [0.1, 0.15) is 5.54 Å². The van der Waals surface area contributed by atoms with Gasteiger partial charge < -0.3 is 4.57 Å². The minimum atomic E-state index is -2.08. The van der Waals surface area contributed by atoms with Gasteiger partial charge in [-0.25, -0.2) is 4.79 Å². The summed E-state index contributed by atoms with van der Waals surface area (Å²) in [6.07, 6.45) is 1.47. The summed E-state index contributed by atoms with van der Waals surface area (Å²) < 4.78 is 4.02. The molecule has 1 saturated heterocycles. The SMILES string of the molecule is CCC1(CC)C(=O)N([Si](CC)(CC)CC)C(=O)N1[Si](CC)(CC)CC. The Morgan fingerprint density at radius 2 is 1.04 bits per heavy atom. The predicted molar refractivity (Wildman–Crippen MR) is 112 cm³/mol. The highest BCUT2D eigenvalue weighted by Crippen LogP contribution is 2.45. The summed E-state index contributed by atoms with van der Waals surface area (Å²) in [7, 11) is -4.06. The maximum Gasteiger partial charge on any atom is 0.311 e. The van der Waals surface area contributed by atoms with Crippen LogP contribution in [0, 0.1) is 0 Å². The lowest BCUT2D eigenvalue weighted by molar-refractivity contribution is -0.130. The molecule has 0 spiro atoms. The largest absolute Gasteiger partial charge is 0.338 e. The van der Waals surface area contributed by atoms with E-state index in [1.807, 2.05) is 4.57 Å². The molecule has 1 aliphatic heterocycles. The van der Waals surface area contributed by atoms with Crippen LogP contribution < -0.4 is 0 Å². The van der Waals surface area contributed by atoms with E-state index in [-0.39, 0.29) is 11.9 Å². The van der Waals surface area contributed by atoms with E-state index in [0.29, 0.717) is 0 Å². The molecule has 1 rings (SSSR count). The lowest BCUT2D eigenvalue weighted by Crippen LogP contribution is -2.63. The van der Waals surface area contributed by atoms with E-state index in [1.165, 1.54) is 0 Å². The van der Waals surface area contributed by atoms with E-state index in [1.54, 1.807) is 0 Å². The minimum Gasteiger partial charge on any atom is -0.338 e. The first kappa shape index (κ1) is 22.4. The highest BCUT2D eigenvalue weighted by molar-refractivity contribution is 6.85. The molecule has 146 valence electrons. The third kappa shape index (κ3) is 3.03. The summed E-state index contributed by atoms with van der Waals surface area (Å²) in [6.45, 7) is 17.4. The minimum absolute atomic E-state index is 0.0723. The first-order valence-electron chi connectivity index (χ1n) is 10.5.